The van der Waals surface area contributed by atoms with E-state index in [1.165, 1.54) is 0 Å². The Morgan fingerprint density at radius 1 is 1.26 bits per heavy atom. The second-order valence-corrected chi connectivity index (χ2v) is 8.86. The van der Waals surface area contributed by atoms with Crippen LogP contribution in [0, 0.1) is 0 Å². The third-order valence-corrected chi connectivity index (χ3v) is 6.09. The highest BCUT2D eigenvalue weighted by Crippen LogP contribution is 2.23. The van der Waals surface area contributed by atoms with E-state index in [2.05, 4.69) is 9.71 Å². The molecule has 2 aromatic rings. The van der Waals surface area contributed by atoms with Crippen LogP contribution in [-0.2, 0) is 14.8 Å². The minimum absolute atomic E-state index is 0.0529. The van der Waals surface area contributed by atoms with E-state index in [9.17, 15) is 8.42 Å². The Morgan fingerprint density at radius 3 is 2.70 bits per heavy atom. The maximum Gasteiger partial charge on any atom is 0.211 e. The summed E-state index contributed by atoms with van der Waals surface area (Å²) in [6.45, 7) is 2.52. The van der Waals surface area contributed by atoms with Gasteiger partial charge in [0, 0.05) is 18.4 Å². The van der Waals surface area contributed by atoms with Gasteiger partial charge >= 0.3 is 0 Å². The van der Waals surface area contributed by atoms with Gasteiger partial charge in [0.25, 0.3) is 0 Å². The summed E-state index contributed by atoms with van der Waals surface area (Å²) in [7, 11) is -3.28. The van der Waals surface area contributed by atoms with E-state index in [1.54, 1.807) is 19.2 Å². The number of pyridine rings is 1. The molecule has 0 aliphatic carbocycles. The first-order chi connectivity index (χ1) is 13.0. The van der Waals surface area contributed by atoms with Crippen LogP contribution in [0.15, 0.2) is 42.6 Å². The van der Waals surface area contributed by atoms with Crippen molar-refractivity contribution in [3.8, 4) is 17.0 Å². The van der Waals surface area contributed by atoms with E-state index >= 15 is 0 Å². The van der Waals surface area contributed by atoms with Gasteiger partial charge < -0.3 is 9.47 Å². The van der Waals surface area contributed by atoms with Gasteiger partial charge in [-0.2, -0.15) is 0 Å². The van der Waals surface area contributed by atoms with Crippen molar-refractivity contribution in [3.05, 3.63) is 47.6 Å². The molecule has 2 heterocycles. The maximum absolute atomic E-state index is 11.9. The average molecular weight is 411 g/mol. The number of aromatic nitrogens is 1. The van der Waals surface area contributed by atoms with Gasteiger partial charge in [-0.25, -0.2) is 13.1 Å². The van der Waals surface area contributed by atoms with Gasteiger partial charge in [-0.3, -0.25) is 4.98 Å². The molecule has 1 aromatic carbocycles. The Balaban J connectivity index is 1.60. The van der Waals surface area contributed by atoms with Crippen LogP contribution >= 0.6 is 11.6 Å². The fourth-order valence-corrected chi connectivity index (χ4v) is 3.91. The van der Waals surface area contributed by atoms with Crippen LogP contribution in [0.3, 0.4) is 0 Å². The van der Waals surface area contributed by atoms with Crippen molar-refractivity contribution in [2.75, 3.05) is 19.0 Å². The summed E-state index contributed by atoms with van der Waals surface area (Å²) in [5.41, 5.74) is 1.79. The Labute approximate surface area is 164 Å². The lowest BCUT2D eigenvalue weighted by atomic mass is 10.0. The summed E-state index contributed by atoms with van der Waals surface area (Å²) in [5, 5.41) is 0.597. The largest absolute Gasteiger partial charge is 0.491 e. The molecule has 0 amide bonds. The molecule has 8 heteroatoms. The molecule has 0 spiro atoms. The first kappa shape index (κ1) is 20.1. The average Bonchev–Trinajstić information content (AvgIpc) is 2.68. The summed E-state index contributed by atoms with van der Waals surface area (Å²) < 4.78 is 38.0. The lowest BCUT2D eigenvalue weighted by Crippen LogP contribution is -2.49. The van der Waals surface area contributed by atoms with Crippen LogP contribution < -0.4 is 9.46 Å². The van der Waals surface area contributed by atoms with Crippen LogP contribution in [0.1, 0.15) is 19.8 Å². The third kappa shape index (κ3) is 5.65. The van der Waals surface area contributed by atoms with Crippen molar-refractivity contribution in [2.24, 2.45) is 0 Å². The van der Waals surface area contributed by atoms with Gasteiger partial charge in [-0.05, 0) is 56.2 Å². The standard InChI is InChI=1S/C19H23ClN2O4S/c1-2-27(23,24)22-18-4-3-11-25-19(18)13-26-16-8-5-14(6-9-16)17-10-7-15(20)12-21-17/h5-10,12,18-19,22H,2-4,11,13H2,1H3/t18-,19+/m0/s1. The van der Waals surface area contributed by atoms with Gasteiger partial charge in [0.2, 0.25) is 10.0 Å². The van der Waals surface area contributed by atoms with E-state index in [0.29, 0.717) is 17.4 Å². The minimum Gasteiger partial charge on any atom is -0.491 e. The Morgan fingerprint density at radius 2 is 2.04 bits per heavy atom. The smallest absolute Gasteiger partial charge is 0.211 e. The van der Waals surface area contributed by atoms with Gasteiger partial charge in [-0.15, -0.1) is 0 Å². The Kier molecular flexibility index (Phi) is 6.70. The van der Waals surface area contributed by atoms with Crippen LogP contribution in [-0.4, -0.2) is 44.5 Å². The number of hydrogen-bond donors (Lipinski definition) is 1. The molecule has 0 radical (unpaired) electrons. The van der Waals surface area contributed by atoms with Crippen LogP contribution in [0.5, 0.6) is 5.75 Å². The molecular weight excluding hydrogens is 388 g/mol. The van der Waals surface area contributed by atoms with Gasteiger partial charge in [0.1, 0.15) is 18.5 Å². The summed E-state index contributed by atoms with van der Waals surface area (Å²) in [6, 6.07) is 11.0. The number of nitrogens with one attached hydrogen (secondary N) is 1. The summed E-state index contributed by atoms with van der Waals surface area (Å²) in [5.74, 6) is 0.746. The lowest BCUT2D eigenvalue weighted by Gasteiger charge is -2.31. The highest BCUT2D eigenvalue weighted by molar-refractivity contribution is 7.89. The fraction of sp³-hybridized carbons (Fsp3) is 0.421. The predicted molar refractivity (Wildman–Crippen MR) is 106 cm³/mol. The summed E-state index contributed by atoms with van der Waals surface area (Å²) in [6.07, 6.45) is 2.88. The van der Waals surface area contributed by atoms with Crippen LogP contribution in [0.2, 0.25) is 5.02 Å². The number of benzene rings is 1. The second-order valence-electron chi connectivity index (χ2n) is 6.38. The number of nitrogens with zero attached hydrogens (tertiary/aromatic N) is 1. The van der Waals surface area contributed by atoms with Gasteiger partial charge in [0.05, 0.1) is 22.5 Å². The number of rotatable bonds is 7. The van der Waals surface area contributed by atoms with Crippen molar-refractivity contribution in [2.45, 2.75) is 31.9 Å². The van der Waals surface area contributed by atoms with Crippen molar-refractivity contribution in [1.82, 2.24) is 9.71 Å². The van der Waals surface area contributed by atoms with Crippen molar-refractivity contribution >= 4 is 21.6 Å². The molecule has 1 aliphatic rings. The summed E-state index contributed by atoms with van der Waals surface area (Å²) >= 11 is 5.86. The zero-order valence-electron chi connectivity index (χ0n) is 15.1. The van der Waals surface area contributed by atoms with Gasteiger partial charge in [-0.1, -0.05) is 11.6 Å². The highest BCUT2D eigenvalue weighted by Gasteiger charge is 2.29. The van der Waals surface area contributed by atoms with E-state index in [4.69, 9.17) is 21.1 Å². The molecule has 0 saturated carbocycles. The van der Waals surface area contributed by atoms with Crippen molar-refractivity contribution in [1.29, 1.82) is 0 Å². The molecule has 1 aromatic heterocycles. The van der Waals surface area contributed by atoms with Gasteiger partial charge in [0.15, 0.2) is 0 Å². The lowest BCUT2D eigenvalue weighted by molar-refractivity contribution is -0.0279. The molecule has 0 bridgehead atoms. The zero-order chi connectivity index (χ0) is 19.3. The molecule has 146 valence electrons. The molecule has 1 aliphatic heterocycles. The maximum atomic E-state index is 11.9. The van der Waals surface area contributed by atoms with E-state index < -0.39 is 10.0 Å². The van der Waals surface area contributed by atoms with Crippen molar-refractivity contribution < 1.29 is 17.9 Å². The fourth-order valence-electron chi connectivity index (χ4n) is 2.90. The minimum atomic E-state index is -3.28. The Hall–Kier alpha value is -1.67. The molecule has 1 fully saturated rings. The number of sulfonamides is 1. The molecule has 2 atom stereocenters. The first-order valence-electron chi connectivity index (χ1n) is 8.93. The zero-order valence-corrected chi connectivity index (χ0v) is 16.7. The van der Waals surface area contributed by atoms with Crippen LogP contribution in [0.25, 0.3) is 11.3 Å². The normalized spacial score (nSPS) is 20.4. The first-order valence-corrected chi connectivity index (χ1v) is 11.0. The molecule has 3 rings (SSSR count). The summed E-state index contributed by atoms with van der Waals surface area (Å²) in [4.78, 5) is 4.29. The molecule has 1 saturated heterocycles. The number of ether oxygens (including phenoxy) is 2. The second kappa shape index (κ2) is 9.01. The topological polar surface area (TPSA) is 77.5 Å². The SMILES string of the molecule is CCS(=O)(=O)N[C@H]1CCCO[C@@H]1COc1ccc(-c2ccc(Cl)cn2)cc1. The van der Waals surface area contributed by atoms with Crippen LogP contribution in [0.4, 0.5) is 0 Å². The molecule has 0 unspecified atom stereocenters. The molecule has 6 nitrogen and oxygen atoms in total. The van der Waals surface area contributed by atoms with E-state index in [0.717, 1.165) is 24.1 Å². The quantitative estimate of drug-likeness (QED) is 0.758. The van der Waals surface area contributed by atoms with Crippen molar-refractivity contribution in [3.63, 3.8) is 0 Å². The molecule has 27 heavy (non-hydrogen) atoms. The Bertz CT molecular complexity index is 841. The highest BCUT2D eigenvalue weighted by atomic mass is 35.5. The number of hydrogen-bond acceptors (Lipinski definition) is 5. The van der Waals surface area contributed by atoms with E-state index in [1.807, 2.05) is 30.3 Å². The van der Waals surface area contributed by atoms with E-state index in [-0.39, 0.29) is 24.5 Å². The predicted octanol–water partition coefficient (Wildman–Crippen LogP) is 3.27. The monoisotopic (exact) mass is 410 g/mol. The third-order valence-electron chi connectivity index (χ3n) is 4.44. The molecule has 1 N–H and O–H groups in total. The molecular formula is C19H23ClN2O4S. The number of halogens is 1.